The van der Waals surface area contributed by atoms with Crippen LogP contribution in [0.1, 0.15) is 18.9 Å². The third-order valence-corrected chi connectivity index (χ3v) is 2.86. The summed E-state index contributed by atoms with van der Waals surface area (Å²) in [5.41, 5.74) is 0.359. The first-order valence-corrected chi connectivity index (χ1v) is 5.44. The van der Waals surface area contributed by atoms with E-state index in [1.54, 1.807) is 6.92 Å². The van der Waals surface area contributed by atoms with Crippen molar-refractivity contribution in [2.24, 2.45) is 5.92 Å². The van der Waals surface area contributed by atoms with Gasteiger partial charge in [-0.25, -0.2) is 9.37 Å². The molecule has 1 rings (SSSR count). The molecule has 1 atom stereocenters. The van der Waals surface area contributed by atoms with Gasteiger partial charge in [-0.3, -0.25) is 4.79 Å². The lowest BCUT2D eigenvalue weighted by Crippen LogP contribution is -2.16. The van der Waals surface area contributed by atoms with E-state index < -0.39 is 17.7 Å². The van der Waals surface area contributed by atoms with E-state index in [-0.39, 0.29) is 16.7 Å². The van der Waals surface area contributed by atoms with Crippen LogP contribution in [0.25, 0.3) is 0 Å². The van der Waals surface area contributed by atoms with Gasteiger partial charge in [-0.05, 0) is 24.5 Å². The minimum Gasteiger partial charge on any atom is -0.481 e. The Labute approximate surface area is 102 Å². The van der Waals surface area contributed by atoms with Crippen molar-refractivity contribution in [2.45, 2.75) is 19.8 Å². The van der Waals surface area contributed by atoms with Gasteiger partial charge in [0.2, 0.25) is 0 Å². The largest absolute Gasteiger partial charge is 0.481 e. The first-order chi connectivity index (χ1) is 7.45. The van der Waals surface area contributed by atoms with Gasteiger partial charge in [-0.2, -0.15) is 0 Å². The van der Waals surface area contributed by atoms with Crippen molar-refractivity contribution in [2.75, 3.05) is 0 Å². The van der Waals surface area contributed by atoms with Gasteiger partial charge in [0.05, 0.1) is 5.92 Å². The highest BCUT2D eigenvalue weighted by Gasteiger charge is 2.19. The van der Waals surface area contributed by atoms with E-state index in [0.717, 1.165) is 6.07 Å². The van der Waals surface area contributed by atoms with Gasteiger partial charge >= 0.3 is 5.97 Å². The highest BCUT2D eigenvalue weighted by atomic mass is 35.5. The van der Waals surface area contributed by atoms with Crippen molar-refractivity contribution in [1.29, 1.82) is 0 Å². The molecule has 0 bridgehead atoms. The Bertz CT molecular complexity index is 412. The van der Waals surface area contributed by atoms with Gasteiger partial charge in [-0.15, -0.1) is 0 Å². The normalized spacial score (nSPS) is 12.5. The zero-order valence-corrected chi connectivity index (χ0v) is 10.0. The van der Waals surface area contributed by atoms with Gasteiger partial charge in [0, 0.05) is 0 Å². The summed E-state index contributed by atoms with van der Waals surface area (Å²) in [6.07, 6.45) is 0.585. The Kier molecular flexibility index (Phi) is 4.50. The van der Waals surface area contributed by atoms with Crippen LogP contribution >= 0.6 is 23.2 Å². The lowest BCUT2D eigenvalue weighted by atomic mass is 9.98. The number of carbonyl (C=O) groups is 1. The van der Waals surface area contributed by atoms with Crippen molar-refractivity contribution in [3.8, 4) is 0 Å². The second-order valence-electron chi connectivity index (χ2n) is 3.36. The highest BCUT2D eigenvalue weighted by Crippen LogP contribution is 2.23. The second-order valence-corrected chi connectivity index (χ2v) is 4.07. The van der Waals surface area contributed by atoms with Crippen LogP contribution in [0.2, 0.25) is 10.3 Å². The Balaban J connectivity index is 2.96. The van der Waals surface area contributed by atoms with Gasteiger partial charge in [0.1, 0.15) is 5.15 Å². The maximum Gasteiger partial charge on any atom is 0.306 e. The van der Waals surface area contributed by atoms with E-state index in [0.29, 0.717) is 12.0 Å². The molecule has 0 radical (unpaired) electrons. The fourth-order valence-electron chi connectivity index (χ4n) is 1.30. The molecule has 6 heteroatoms. The first kappa shape index (κ1) is 13.2. The summed E-state index contributed by atoms with van der Waals surface area (Å²) in [7, 11) is 0. The van der Waals surface area contributed by atoms with Crippen LogP contribution in [0.4, 0.5) is 4.39 Å². The van der Waals surface area contributed by atoms with E-state index in [1.165, 1.54) is 0 Å². The molecule has 0 fully saturated rings. The second kappa shape index (κ2) is 5.46. The summed E-state index contributed by atoms with van der Waals surface area (Å²) in [4.78, 5) is 14.4. The summed E-state index contributed by atoms with van der Waals surface area (Å²) in [6.45, 7) is 1.74. The first-order valence-electron chi connectivity index (χ1n) is 4.69. The Hall–Kier alpha value is -0.870. The van der Waals surface area contributed by atoms with Crippen LogP contribution in [-0.4, -0.2) is 16.1 Å². The van der Waals surface area contributed by atoms with Crippen LogP contribution < -0.4 is 0 Å². The number of nitrogens with zero attached hydrogens (tertiary/aromatic N) is 1. The molecule has 0 spiro atoms. The molecule has 0 aliphatic carbocycles. The van der Waals surface area contributed by atoms with Crippen LogP contribution in [-0.2, 0) is 11.2 Å². The van der Waals surface area contributed by atoms with Crippen molar-refractivity contribution in [1.82, 2.24) is 4.98 Å². The summed E-state index contributed by atoms with van der Waals surface area (Å²) < 4.78 is 13.1. The number of carboxylic acid groups (broad SMARTS) is 1. The topological polar surface area (TPSA) is 50.2 Å². The van der Waals surface area contributed by atoms with Crippen molar-refractivity contribution >= 4 is 29.2 Å². The average Bonchev–Trinajstić information content (AvgIpc) is 2.21. The predicted molar refractivity (Wildman–Crippen MR) is 59.3 cm³/mol. The Morgan fingerprint density at radius 2 is 2.19 bits per heavy atom. The summed E-state index contributed by atoms with van der Waals surface area (Å²) in [5, 5.41) is 8.61. The quantitative estimate of drug-likeness (QED) is 0.851. The van der Waals surface area contributed by atoms with E-state index in [9.17, 15) is 9.18 Å². The third kappa shape index (κ3) is 3.06. The van der Waals surface area contributed by atoms with E-state index in [4.69, 9.17) is 28.3 Å². The molecule has 0 unspecified atom stereocenters. The van der Waals surface area contributed by atoms with Gasteiger partial charge < -0.3 is 5.11 Å². The molecular weight excluding hydrogens is 256 g/mol. The fourth-order valence-corrected chi connectivity index (χ4v) is 1.70. The number of hydrogen-bond acceptors (Lipinski definition) is 2. The molecule has 16 heavy (non-hydrogen) atoms. The van der Waals surface area contributed by atoms with E-state index in [2.05, 4.69) is 4.98 Å². The predicted octanol–water partition coefficient (Wildman–Crippen LogP) is 3.18. The van der Waals surface area contributed by atoms with Crippen molar-refractivity contribution in [3.05, 3.63) is 27.8 Å². The zero-order chi connectivity index (χ0) is 12.3. The van der Waals surface area contributed by atoms with Gasteiger partial charge in [0.15, 0.2) is 11.0 Å². The molecule has 0 aliphatic rings. The Morgan fingerprint density at radius 3 is 2.69 bits per heavy atom. The minimum atomic E-state index is -0.936. The number of hydrogen-bond donors (Lipinski definition) is 1. The lowest BCUT2D eigenvalue weighted by molar-refractivity contribution is -0.141. The summed E-state index contributed by atoms with van der Waals surface area (Å²) in [5.74, 6) is -2.23. The summed E-state index contributed by atoms with van der Waals surface area (Å²) >= 11 is 11.2. The molecule has 1 aromatic rings. The van der Waals surface area contributed by atoms with Gasteiger partial charge in [-0.1, -0.05) is 30.1 Å². The number of rotatable bonds is 4. The highest BCUT2D eigenvalue weighted by molar-refractivity contribution is 6.32. The van der Waals surface area contributed by atoms with E-state index in [1.807, 2.05) is 0 Å². The zero-order valence-electron chi connectivity index (χ0n) is 8.51. The minimum absolute atomic E-state index is 0.0473. The standard InChI is InChI=1S/C10H10Cl2FNO2/c1-2-5(10(15)16)3-6-4-7(13)9(12)14-8(6)11/h4-5H,2-3H2,1H3,(H,15,16)/t5-/m1/s1. The van der Waals surface area contributed by atoms with Crippen molar-refractivity contribution < 1.29 is 14.3 Å². The molecule has 1 heterocycles. The third-order valence-electron chi connectivity index (χ3n) is 2.27. The molecular formula is C10H10Cl2FNO2. The van der Waals surface area contributed by atoms with Crippen LogP contribution in [0.15, 0.2) is 6.07 Å². The lowest BCUT2D eigenvalue weighted by Gasteiger charge is -2.10. The molecule has 0 saturated carbocycles. The smallest absolute Gasteiger partial charge is 0.306 e. The number of pyridine rings is 1. The molecule has 0 amide bonds. The maximum atomic E-state index is 13.1. The number of aliphatic carboxylic acids is 1. The SMILES string of the molecule is CC[C@H](Cc1cc(F)c(Cl)nc1Cl)C(=O)O. The van der Waals surface area contributed by atoms with Crippen LogP contribution in [0, 0.1) is 11.7 Å². The molecule has 88 valence electrons. The number of carboxylic acids is 1. The monoisotopic (exact) mass is 265 g/mol. The molecule has 3 nitrogen and oxygen atoms in total. The Morgan fingerprint density at radius 1 is 1.56 bits per heavy atom. The molecule has 0 aliphatic heterocycles. The van der Waals surface area contributed by atoms with Gasteiger partial charge in [0.25, 0.3) is 0 Å². The number of halogens is 3. The molecule has 0 aromatic carbocycles. The van der Waals surface area contributed by atoms with Crippen molar-refractivity contribution in [3.63, 3.8) is 0 Å². The maximum absolute atomic E-state index is 13.1. The van der Waals surface area contributed by atoms with Crippen LogP contribution in [0.3, 0.4) is 0 Å². The summed E-state index contributed by atoms with van der Waals surface area (Å²) in [6, 6.07) is 1.13. The fraction of sp³-hybridized carbons (Fsp3) is 0.400. The molecule has 1 N–H and O–H groups in total. The average molecular weight is 266 g/mol. The van der Waals surface area contributed by atoms with E-state index >= 15 is 0 Å². The van der Waals surface area contributed by atoms with Crippen LogP contribution in [0.5, 0.6) is 0 Å². The molecule has 1 aromatic heterocycles. The molecule has 0 saturated heterocycles. The number of aromatic nitrogens is 1.